The third kappa shape index (κ3) is 14.6. The van der Waals surface area contributed by atoms with Crippen molar-refractivity contribution in [2.75, 3.05) is 19.6 Å². The van der Waals surface area contributed by atoms with Crippen molar-refractivity contribution in [2.24, 2.45) is 11.8 Å². The lowest BCUT2D eigenvalue weighted by molar-refractivity contribution is -0.143. The van der Waals surface area contributed by atoms with Gasteiger partial charge in [-0.1, -0.05) is 74.6 Å². The van der Waals surface area contributed by atoms with Crippen molar-refractivity contribution in [1.82, 2.24) is 26.2 Å². The molecule has 0 spiro atoms. The van der Waals surface area contributed by atoms with Crippen molar-refractivity contribution in [3.63, 3.8) is 0 Å². The number of nitrogens with zero attached hydrogens (tertiary/aromatic N) is 1. The van der Waals surface area contributed by atoms with Crippen molar-refractivity contribution in [1.29, 1.82) is 0 Å². The number of ether oxygens (including phenoxy) is 1. The second kappa shape index (κ2) is 21.1. The van der Waals surface area contributed by atoms with E-state index in [0.717, 1.165) is 50.5 Å². The standard InChI is InChI=1S/C40H59N5O7/c1-6-8-22-31(44-39(51)52-40(3,4)5)38(50)45(26-30-18-13-14-19-30)27-34(46)42-32(24-29-20-15-21-29)35(47)37(49)43-33(36(48)41-23-9-7-2)25-28-16-11-10-12-17-28/h6-7,10-12,16-17,29-33H,1-2,8-9,13-15,18-27H2,3-5H3,(H,41,48)(H,42,46)(H,43,49)(H,44,51)/t31?,32-,33-/m0/s1. The molecule has 2 aliphatic rings. The Morgan fingerprint density at radius 2 is 1.50 bits per heavy atom. The molecule has 1 unspecified atom stereocenters. The van der Waals surface area contributed by atoms with E-state index in [4.69, 9.17) is 4.74 Å². The zero-order valence-electron chi connectivity index (χ0n) is 31.3. The summed E-state index contributed by atoms with van der Waals surface area (Å²) in [6.07, 6.45) is 10.9. The molecule has 1 aromatic rings. The number of carbonyl (C=O) groups is 6. The summed E-state index contributed by atoms with van der Waals surface area (Å²) in [5, 5.41) is 10.9. The van der Waals surface area contributed by atoms with E-state index in [9.17, 15) is 28.8 Å². The summed E-state index contributed by atoms with van der Waals surface area (Å²) in [7, 11) is 0. The zero-order chi connectivity index (χ0) is 38.1. The molecule has 5 amide bonds. The zero-order valence-corrected chi connectivity index (χ0v) is 31.3. The highest BCUT2D eigenvalue weighted by Crippen LogP contribution is 2.31. The lowest BCUT2D eigenvalue weighted by atomic mass is 9.80. The number of allylic oxidation sites excluding steroid dienone is 1. The Morgan fingerprint density at radius 3 is 2.10 bits per heavy atom. The molecular weight excluding hydrogens is 662 g/mol. The van der Waals surface area contributed by atoms with E-state index in [0.29, 0.717) is 25.9 Å². The van der Waals surface area contributed by atoms with Crippen LogP contribution in [-0.4, -0.2) is 83.8 Å². The van der Waals surface area contributed by atoms with E-state index >= 15 is 0 Å². The molecule has 3 atom stereocenters. The predicted molar refractivity (Wildman–Crippen MR) is 200 cm³/mol. The first-order valence-electron chi connectivity index (χ1n) is 18.7. The molecule has 12 heteroatoms. The van der Waals surface area contributed by atoms with Gasteiger partial charge in [0.15, 0.2) is 0 Å². The summed E-state index contributed by atoms with van der Waals surface area (Å²) in [5.41, 5.74) is 0.0306. The Bertz CT molecular complexity index is 1380. The summed E-state index contributed by atoms with van der Waals surface area (Å²) < 4.78 is 5.42. The van der Waals surface area contributed by atoms with Crippen molar-refractivity contribution in [3.8, 4) is 0 Å². The van der Waals surface area contributed by atoms with Crippen LogP contribution in [0.1, 0.15) is 97.0 Å². The van der Waals surface area contributed by atoms with Gasteiger partial charge < -0.3 is 30.9 Å². The fraction of sp³-hybridized carbons (Fsp3) is 0.600. The van der Waals surface area contributed by atoms with Crippen LogP contribution in [0.3, 0.4) is 0 Å². The SMILES string of the molecule is C=CCCNC(=O)[C@H](Cc1ccccc1)NC(=O)C(=O)[C@H](CC1CCC1)NC(=O)CN(CC1CCCC1)C(=O)C(CCC=C)NC(=O)OC(C)(C)C. The Kier molecular flexibility index (Phi) is 17.1. The monoisotopic (exact) mass is 721 g/mol. The quantitative estimate of drug-likeness (QED) is 0.0824. The maximum Gasteiger partial charge on any atom is 0.408 e. The first-order chi connectivity index (χ1) is 24.8. The molecule has 4 N–H and O–H groups in total. The maximum absolute atomic E-state index is 14.0. The number of hydrogen-bond donors (Lipinski definition) is 4. The average molecular weight is 722 g/mol. The van der Waals surface area contributed by atoms with Crippen LogP contribution in [0.2, 0.25) is 0 Å². The first-order valence-corrected chi connectivity index (χ1v) is 18.7. The molecule has 0 saturated heterocycles. The molecule has 286 valence electrons. The largest absolute Gasteiger partial charge is 0.444 e. The van der Waals surface area contributed by atoms with E-state index < -0.39 is 59.2 Å². The van der Waals surface area contributed by atoms with E-state index in [1.165, 1.54) is 4.90 Å². The van der Waals surface area contributed by atoms with Gasteiger partial charge in [-0.25, -0.2) is 4.79 Å². The lowest BCUT2D eigenvalue weighted by Crippen LogP contribution is -2.56. The van der Waals surface area contributed by atoms with E-state index in [1.807, 2.05) is 30.3 Å². The van der Waals surface area contributed by atoms with Crippen LogP contribution in [0.15, 0.2) is 55.6 Å². The highest BCUT2D eigenvalue weighted by Gasteiger charge is 2.36. The van der Waals surface area contributed by atoms with Crippen molar-refractivity contribution >= 4 is 35.5 Å². The number of hydrogen-bond acceptors (Lipinski definition) is 7. The van der Waals surface area contributed by atoms with Crippen LogP contribution in [0.5, 0.6) is 0 Å². The summed E-state index contributed by atoms with van der Waals surface area (Å²) in [6.45, 7) is 12.9. The molecule has 0 radical (unpaired) electrons. The van der Waals surface area contributed by atoms with E-state index in [2.05, 4.69) is 34.4 Å². The number of amides is 5. The number of benzene rings is 1. The molecule has 1 aromatic carbocycles. The van der Waals surface area contributed by atoms with E-state index in [-0.39, 0.29) is 37.6 Å². The first kappa shape index (κ1) is 41.9. The molecule has 0 heterocycles. The summed E-state index contributed by atoms with van der Waals surface area (Å²) >= 11 is 0. The normalized spacial score (nSPS) is 16.3. The molecule has 2 aliphatic carbocycles. The molecule has 0 bridgehead atoms. The van der Waals surface area contributed by atoms with Crippen molar-refractivity contribution in [2.45, 2.75) is 122 Å². The fourth-order valence-corrected chi connectivity index (χ4v) is 6.52. The third-order valence-corrected chi connectivity index (χ3v) is 9.47. The van der Waals surface area contributed by atoms with Gasteiger partial charge in [0.05, 0.1) is 12.6 Å². The third-order valence-electron chi connectivity index (χ3n) is 9.47. The second-order valence-corrected chi connectivity index (χ2v) is 15.0. The van der Waals surface area contributed by atoms with Crippen LogP contribution >= 0.6 is 0 Å². The van der Waals surface area contributed by atoms with Gasteiger partial charge in [0.25, 0.3) is 5.91 Å². The molecule has 12 nitrogen and oxygen atoms in total. The molecule has 3 rings (SSSR count). The second-order valence-electron chi connectivity index (χ2n) is 15.0. The number of rotatable bonds is 21. The number of ketones is 1. The van der Waals surface area contributed by atoms with E-state index in [1.54, 1.807) is 32.9 Å². The molecule has 0 aromatic heterocycles. The molecule has 2 fully saturated rings. The van der Waals surface area contributed by atoms with Crippen LogP contribution in [0.4, 0.5) is 4.79 Å². The van der Waals surface area contributed by atoms with Gasteiger partial charge in [0, 0.05) is 19.5 Å². The minimum Gasteiger partial charge on any atom is -0.444 e. The number of Topliss-reactive ketones (excluding diaryl/α,β-unsaturated/α-hetero) is 1. The Morgan fingerprint density at radius 1 is 0.846 bits per heavy atom. The van der Waals surface area contributed by atoms with Crippen LogP contribution in [0.25, 0.3) is 0 Å². The fourth-order valence-electron chi connectivity index (χ4n) is 6.52. The number of nitrogens with one attached hydrogen (secondary N) is 4. The summed E-state index contributed by atoms with van der Waals surface area (Å²) in [5.74, 6) is -2.91. The highest BCUT2D eigenvalue weighted by molar-refractivity contribution is 6.38. The summed E-state index contributed by atoms with van der Waals surface area (Å²) in [4.78, 5) is 82.3. The van der Waals surface area contributed by atoms with Gasteiger partial charge in [-0.05, 0) is 76.7 Å². The highest BCUT2D eigenvalue weighted by atomic mass is 16.6. The van der Waals surface area contributed by atoms with Crippen LogP contribution < -0.4 is 21.3 Å². The lowest BCUT2D eigenvalue weighted by Gasteiger charge is -2.32. The Balaban J connectivity index is 1.78. The van der Waals surface area contributed by atoms with Crippen molar-refractivity contribution < 1.29 is 33.5 Å². The van der Waals surface area contributed by atoms with Gasteiger partial charge >= 0.3 is 6.09 Å². The minimum atomic E-state index is -1.14. The molecular formula is C40H59N5O7. The topological polar surface area (TPSA) is 163 Å². The van der Waals surface area contributed by atoms with Gasteiger partial charge in [-0.3, -0.25) is 24.0 Å². The Labute approximate surface area is 308 Å². The van der Waals surface area contributed by atoms with Gasteiger partial charge in [-0.15, -0.1) is 13.2 Å². The van der Waals surface area contributed by atoms with Crippen LogP contribution in [-0.2, 0) is 35.1 Å². The minimum absolute atomic E-state index is 0.155. The average Bonchev–Trinajstić information content (AvgIpc) is 3.59. The molecule has 0 aliphatic heterocycles. The smallest absolute Gasteiger partial charge is 0.408 e. The number of carbonyl (C=O) groups excluding carboxylic acids is 6. The Hall–Kier alpha value is -4.48. The predicted octanol–water partition coefficient (Wildman–Crippen LogP) is 4.53. The molecule has 2 saturated carbocycles. The maximum atomic E-state index is 14.0. The van der Waals surface area contributed by atoms with Gasteiger partial charge in [0.1, 0.15) is 17.7 Å². The van der Waals surface area contributed by atoms with Crippen molar-refractivity contribution in [3.05, 3.63) is 61.2 Å². The van der Waals surface area contributed by atoms with Gasteiger partial charge in [-0.2, -0.15) is 0 Å². The molecule has 52 heavy (non-hydrogen) atoms. The number of alkyl carbamates (subject to hydrolysis) is 1. The van der Waals surface area contributed by atoms with Crippen LogP contribution in [0, 0.1) is 11.8 Å². The van der Waals surface area contributed by atoms with Gasteiger partial charge in [0.2, 0.25) is 23.5 Å². The summed E-state index contributed by atoms with van der Waals surface area (Å²) in [6, 6.07) is 6.05.